The number of aromatic nitrogens is 2. The van der Waals surface area contributed by atoms with E-state index in [2.05, 4.69) is 15.5 Å². The second-order valence-electron chi connectivity index (χ2n) is 7.15. The molecular weight excluding hydrogens is 436 g/mol. The van der Waals surface area contributed by atoms with Crippen LogP contribution in [-0.4, -0.2) is 37.7 Å². The third-order valence-electron chi connectivity index (χ3n) is 4.54. The average Bonchev–Trinajstić information content (AvgIpc) is 3.25. The quantitative estimate of drug-likeness (QED) is 0.553. The molecule has 0 bridgehead atoms. The number of aryl methyl sites for hydroxylation is 1. The van der Waals surface area contributed by atoms with Crippen LogP contribution in [0.3, 0.4) is 0 Å². The predicted octanol–water partition coefficient (Wildman–Crippen LogP) is 3.39. The molecule has 1 heterocycles. The molecule has 1 aromatic heterocycles. The number of benzene rings is 2. The van der Waals surface area contributed by atoms with Crippen molar-refractivity contribution in [3.63, 3.8) is 0 Å². The van der Waals surface area contributed by atoms with Crippen molar-refractivity contribution in [3.05, 3.63) is 64.7 Å². The van der Waals surface area contributed by atoms with Gasteiger partial charge in [-0.25, -0.2) is 12.7 Å². The maximum Gasteiger partial charge on any atom is 0.266 e. The number of ether oxygens (including phenoxy) is 1. The lowest BCUT2D eigenvalue weighted by atomic mass is 10.1. The van der Waals surface area contributed by atoms with Crippen molar-refractivity contribution in [1.82, 2.24) is 15.5 Å². The molecule has 0 radical (unpaired) electrons. The van der Waals surface area contributed by atoms with Gasteiger partial charge in [-0.1, -0.05) is 35.1 Å². The van der Waals surface area contributed by atoms with E-state index >= 15 is 0 Å². The lowest BCUT2D eigenvalue weighted by molar-refractivity contribution is 0.0947. The topological polar surface area (TPSA) is 101 Å². The molecule has 164 valence electrons. The van der Waals surface area contributed by atoms with E-state index in [0.717, 1.165) is 22.5 Å². The van der Waals surface area contributed by atoms with Gasteiger partial charge in [0.1, 0.15) is 11.3 Å². The van der Waals surface area contributed by atoms with Gasteiger partial charge in [0.25, 0.3) is 15.9 Å². The zero-order valence-electron chi connectivity index (χ0n) is 17.7. The fraction of sp³-hybridized carbons (Fsp3) is 0.286. The van der Waals surface area contributed by atoms with Crippen molar-refractivity contribution in [2.24, 2.45) is 0 Å². The molecule has 8 nitrogen and oxygen atoms in total. The highest BCUT2D eigenvalue weighted by Gasteiger charge is 2.29. The molecule has 0 aliphatic heterocycles. The van der Waals surface area contributed by atoms with Crippen LogP contribution in [0.4, 0.5) is 5.13 Å². The van der Waals surface area contributed by atoms with E-state index in [0.29, 0.717) is 16.4 Å². The Kier molecular flexibility index (Phi) is 6.91. The number of amides is 1. The first-order valence-corrected chi connectivity index (χ1v) is 11.9. The molecule has 3 rings (SSSR count). The first-order valence-electron chi connectivity index (χ1n) is 9.56. The van der Waals surface area contributed by atoms with Gasteiger partial charge >= 0.3 is 0 Å². The van der Waals surface area contributed by atoms with Crippen LogP contribution in [-0.2, 0) is 16.6 Å². The summed E-state index contributed by atoms with van der Waals surface area (Å²) in [6, 6.07) is 11.5. The van der Waals surface area contributed by atoms with Crippen LogP contribution in [0.2, 0.25) is 0 Å². The van der Waals surface area contributed by atoms with E-state index in [4.69, 9.17) is 4.74 Å². The highest BCUT2D eigenvalue weighted by molar-refractivity contribution is 7.93. The summed E-state index contributed by atoms with van der Waals surface area (Å²) in [5.41, 5.74) is 3.66. The number of rotatable bonds is 8. The highest BCUT2D eigenvalue weighted by atomic mass is 32.2. The summed E-state index contributed by atoms with van der Waals surface area (Å²) in [4.78, 5) is 12.7. The zero-order chi connectivity index (χ0) is 22.6. The minimum absolute atomic E-state index is 0.145. The standard InChI is InChI=1S/C21H24N4O4S2/c1-14(2)25(21-24-23-13-30-21)31(27,28)17-8-6-16(7-9-17)12-22-20(26)18-11-15(3)5-10-19(18)29-4/h5-11,13-14H,12H2,1-4H3,(H,22,26). The second-order valence-corrected chi connectivity index (χ2v) is 9.77. The van der Waals surface area contributed by atoms with E-state index < -0.39 is 10.0 Å². The maximum atomic E-state index is 13.1. The van der Waals surface area contributed by atoms with E-state index in [9.17, 15) is 13.2 Å². The van der Waals surface area contributed by atoms with Gasteiger partial charge in [0.05, 0.1) is 17.6 Å². The number of methoxy groups -OCH3 is 1. The number of nitrogens with zero attached hydrogens (tertiary/aromatic N) is 3. The van der Waals surface area contributed by atoms with Gasteiger partial charge in [-0.2, -0.15) is 0 Å². The van der Waals surface area contributed by atoms with Gasteiger partial charge in [0.15, 0.2) is 0 Å². The van der Waals surface area contributed by atoms with Gasteiger partial charge in [0, 0.05) is 12.6 Å². The van der Waals surface area contributed by atoms with E-state index in [1.54, 1.807) is 38.1 Å². The van der Waals surface area contributed by atoms with E-state index in [1.165, 1.54) is 29.1 Å². The highest BCUT2D eigenvalue weighted by Crippen LogP contribution is 2.27. The van der Waals surface area contributed by atoms with Crippen LogP contribution in [0.1, 0.15) is 35.3 Å². The summed E-state index contributed by atoms with van der Waals surface area (Å²) in [5.74, 6) is 0.231. The SMILES string of the molecule is COc1ccc(C)cc1C(=O)NCc1ccc(S(=O)(=O)N(c2nncs2)C(C)C)cc1. The predicted molar refractivity (Wildman–Crippen MR) is 120 cm³/mol. The van der Waals surface area contributed by atoms with Crippen LogP contribution >= 0.6 is 11.3 Å². The molecule has 31 heavy (non-hydrogen) atoms. The van der Waals surface area contributed by atoms with Crippen molar-refractivity contribution in [2.75, 3.05) is 11.4 Å². The molecule has 0 unspecified atom stereocenters. The number of hydrogen-bond acceptors (Lipinski definition) is 7. The largest absolute Gasteiger partial charge is 0.496 e. The molecule has 0 saturated carbocycles. The molecule has 0 fully saturated rings. The van der Waals surface area contributed by atoms with Crippen LogP contribution in [0.5, 0.6) is 5.75 Å². The van der Waals surface area contributed by atoms with Crippen molar-refractivity contribution >= 4 is 32.4 Å². The summed E-state index contributed by atoms with van der Waals surface area (Å²) in [6.45, 7) is 5.71. The van der Waals surface area contributed by atoms with Gasteiger partial charge in [-0.3, -0.25) is 4.79 Å². The maximum absolute atomic E-state index is 13.1. The summed E-state index contributed by atoms with van der Waals surface area (Å²) < 4.78 is 32.8. The van der Waals surface area contributed by atoms with Crippen LogP contribution in [0.25, 0.3) is 0 Å². The first-order chi connectivity index (χ1) is 14.7. The van der Waals surface area contributed by atoms with E-state index in [-0.39, 0.29) is 23.4 Å². The Morgan fingerprint density at radius 3 is 2.48 bits per heavy atom. The third-order valence-corrected chi connectivity index (χ3v) is 7.32. The van der Waals surface area contributed by atoms with E-state index in [1.807, 2.05) is 13.0 Å². The summed E-state index contributed by atoms with van der Waals surface area (Å²) in [5, 5.41) is 10.8. The Balaban J connectivity index is 1.74. The minimum atomic E-state index is -3.79. The zero-order valence-corrected chi connectivity index (χ0v) is 19.3. The Hall–Kier alpha value is -2.98. The average molecular weight is 461 g/mol. The van der Waals surface area contributed by atoms with Gasteiger partial charge in [0.2, 0.25) is 5.13 Å². The monoisotopic (exact) mass is 460 g/mol. The molecule has 0 aliphatic rings. The molecular formula is C21H24N4O4S2. The number of sulfonamides is 1. The van der Waals surface area contributed by atoms with Gasteiger partial charge < -0.3 is 10.1 Å². The lowest BCUT2D eigenvalue weighted by Gasteiger charge is -2.25. The normalized spacial score (nSPS) is 11.4. The molecule has 10 heteroatoms. The van der Waals surface area contributed by atoms with Gasteiger partial charge in [-0.05, 0) is 50.6 Å². The molecule has 1 amide bonds. The lowest BCUT2D eigenvalue weighted by Crippen LogP contribution is -2.37. The fourth-order valence-electron chi connectivity index (χ4n) is 3.03. The molecule has 3 aromatic rings. The Bertz CT molecular complexity index is 1140. The molecule has 2 aromatic carbocycles. The van der Waals surface area contributed by atoms with Crippen molar-refractivity contribution in [2.45, 2.75) is 38.3 Å². The number of carbonyl (C=O) groups excluding carboxylic acids is 1. The fourth-order valence-corrected chi connectivity index (χ4v) is 5.56. The molecule has 1 N–H and O–H groups in total. The number of nitrogens with one attached hydrogen (secondary N) is 1. The second kappa shape index (κ2) is 9.44. The van der Waals surface area contributed by atoms with Crippen molar-refractivity contribution in [3.8, 4) is 5.75 Å². The first kappa shape index (κ1) is 22.7. The Morgan fingerprint density at radius 2 is 1.90 bits per heavy atom. The van der Waals surface area contributed by atoms with Crippen LogP contribution < -0.4 is 14.4 Å². The molecule has 0 atom stereocenters. The number of anilines is 1. The van der Waals surface area contributed by atoms with Gasteiger partial charge in [-0.15, -0.1) is 10.2 Å². The number of hydrogen-bond donors (Lipinski definition) is 1. The van der Waals surface area contributed by atoms with Crippen LogP contribution in [0.15, 0.2) is 52.9 Å². The molecule has 0 spiro atoms. The Labute approximate surface area is 185 Å². The molecule has 0 saturated heterocycles. The van der Waals surface area contributed by atoms with Crippen LogP contribution in [0, 0.1) is 6.92 Å². The summed E-state index contributed by atoms with van der Waals surface area (Å²) in [6.07, 6.45) is 0. The van der Waals surface area contributed by atoms with Crippen molar-refractivity contribution < 1.29 is 17.9 Å². The third kappa shape index (κ3) is 5.02. The minimum Gasteiger partial charge on any atom is -0.496 e. The van der Waals surface area contributed by atoms with Crippen molar-refractivity contribution in [1.29, 1.82) is 0 Å². The Morgan fingerprint density at radius 1 is 1.19 bits per heavy atom. The summed E-state index contributed by atoms with van der Waals surface area (Å²) in [7, 11) is -2.27. The smallest absolute Gasteiger partial charge is 0.266 e. The number of carbonyl (C=O) groups is 1. The molecule has 0 aliphatic carbocycles. The summed E-state index contributed by atoms with van der Waals surface area (Å²) >= 11 is 1.16.